The number of carbonyl (C=O) groups excluding carboxylic acids is 1. The number of benzene rings is 2. The van der Waals surface area contributed by atoms with Gasteiger partial charge in [-0.1, -0.05) is 23.7 Å². The molecule has 1 N–H and O–H groups in total. The van der Waals surface area contributed by atoms with Crippen molar-refractivity contribution >= 4 is 35.0 Å². The van der Waals surface area contributed by atoms with Crippen LogP contribution in [-0.4, -0.2) is 10.8 Å². The molecule has 0 bridgehead atoms. The highest BCUT2D eigenvalue weighted by molar-refractivity contribution is 6.34. The largest absolute Gasteiger partial charge is 0.456 e. The summed E-state index contributed by atoms with van der Waals surface area (Å²) >= 11 is 5.85. The summed E-state index contributed by atoms with van der Waals surface area (Å²) in [5, 5.41) is 22.5. The summed E-state index contributed by atoms with van der Waals surface area (Å²) in [4.78, 5) is 23.0. The second-order valence-corrected chi connectivity index (χ2v) is 6.70. The van der Waals surface area contributed by atoms with Crippen LogP contribution in [0.2, 0.25) is 5.02 Å². The lowest BCUT2D eigenvalue weighted by molar-refractivity contribution is -0.384. The van der Waals surface area contributed by atoms with Gasteiger partial charge in [0.15, 0.2) is 0 Å². The van der Waals surface area contributed by atoms with E-state index in [1.54, 1.807) is 12.1 Å². The number of nitrogens with zero attached hydrogens (tertiary/aromatic N) is 2. The van der Waals surface area contributed by atoms with E-state index in [0.717, 1.165) is 18.2 Å². The molecule has 3 rings (SSSR count). The number of nitriles is 1. The molecule has 7 nitrogen and oxygen atoms in total. The van der Waals surface area contributed by atoms with Gasteiger partial charge in [0.05, 0.1) is 26.8 Å². The number of nitro benzene ring substituents is 1. The van der Waals surface area contributed by atoms with Gasteiger partial charge in [0.2, 0.25) is 0 Å². The summed E-state index contributed by atoms with van der Waals surface area (Å²) in [5.41, 5.74) is -1.85. The van der Waals surface area contributed by atoms with E-state index in [0.29, 0.717) is 6.07 Å². The molecule has 0 radical (unpaired) electrons. The molecule has 11 heteroatoms. The Kier molecular flexibility index (Phi) is 6.32. The fourth-order valence-electron chi connectivity index (χ4n) is 2.69. The van der Waals surface area contributed by atoms with Gasteiger partial charge in [-0.15, -0.1) is 0 Å². The highest BCUT2D eigenvalue weighted by Crippen LogP contribution is 2.34. The van der Waals surface area contributed by atoms with Crippen LogP contribution >= 0.6 is 11.6 Å². The minimum absolute atomic E-state index is 0.0278. The lowest BCUT2D eigenvalue weighted by atomic mass is 10.1. The molecule has 0 unspecified atom stereocenters. The highest BCUT2D eigenvalue weighted by Gasteiger charge is 2.31. The number of hydrogen-bond acceptors (Lipinski definition) is 5. The van der Waals surface area contributed by atoms with Crippen LogP contribution in [0.4, 0.5) is 24.5 Å². The summed E-state index contributed by atoms with van der Waals surface area (Å²) in [5.74, 6) is -0.862. The Hall–Kier alpha value is -4.10. The van der Waals surface area contributed by atoms with Crippen molar-refractivity contribution in [1.82, 2.24) is 0 Å². The number of para-hydroxylation sites is 1. The van der Waals surface area contributed by atoms with Crippen LogP contribution in [0.25, 0.3) is 17.4 Å². The molecule has 0 saturated carbocycles. The standard InChI is InChI=1S/C21H11ClF3N3O4/c22-16-7-5-13(21(23,24)25)10-17(16)27-20(29)12(11-26)9-14-6-8-19(32-14)15-3-1-2-4-18(15)28(30)31/h1-10H,(H,27,29)/b12-9-. The molecule has 0 aliphatic rings. The number of nitrogens with one attached hydrogen (secondary N) is 1. The van der Waals surface area contributed by atoms with E-state index in [1.807, 2.05) is 0 Å². The number of halogens is 4. The van der Waals surface area contributed by atoms with Crippen molar-refractivity contribution in [1.29, 1.82) is 5.26 Å². The molecule has 1 amide bonds. The molecular weight excluding hydrogens is 451 g/mol. The van der Waals surface area contributed by atoms with E-state index in [-0.39, 0.29) is 33.5 Å². The molecule has 0 aliphatic heterocycles. The van der Waals surface area contributed by atoms with Crippen molar-refractivity contribution in [3.63, 3.8) is 0 Å². The van der Waals surface area contributed by atoms with E-state index >= 15 is 0 Å². The van der Waals surface area contributed by atoms with Gasteiger partial charge in [-0.25, -0.2) is 0 Å². The normalized spacial score (nSPS) is 11.7. The molecule has 0 spiro atoms. The van der Waals surface area contributed by atoms with Crippen molar-refractivity contribution in [2.24, 2.45) is 0 Å². The maximum absolute atomic E-state index is 12.9. The van der Waals surface area contributed by atoms with Crippen molar-refractivity contribution in [3.05, 3.63) is 86.6 Å². The number of alkyl halides is 3. The first-order chi connectivity index (χ1) is 15.1. The average Bonchev–Trinajstić information content (AvgIpc) is 3.21. The van der Waals surface area contributed by atoms with Crippen LogP contribution in [0, 0.1) is 21.4 Å². The molecule has 1 heterocycles. The Morgan fingerprint density at radius 1 is 1.19 bits per heavy atom. The molecule has 3 aromatic rings. The number of anilines is 1. The van der Waals surface area contributed by atoms with Crippen LogP contribution in [0.1, 0.15) is 11.3 Å². The first-order valence-corrected chi connectivity index (χ1v) is 9.11. The van der Waals surface area contributed by atoms with Crippen LogP contribution in [0.15, 0.2) is 64.6 Å². The Balaban J connectivity index is 1.88. The molecule has 0 atom stereocenters. The van der Waals surface area contributed by atoms with E-state index < -0.39 is 28.1 Å². The summed E-state index contributed by atoms with van der Waals surface area (Å²) in [7, 11) is 0. The van der Waals surface area contributed by atoms with Crippen molar-refractivity contribution in [2.45, 2.75) is 6.18 Å². The van der Waals surface area contributed by atoms with E-state index in [4.69, 9.17) is 16.0 Å². The summed E-state index contributed by atoms with van der Waals surface area (Å²) in [6.07, 6.45) is -3.60. The topological polar surface area (TPSA) is 109 Å². The number of hydrogen-bond donors (Lipinski definition) is 1. The fraction of sp³-hybridized carbons (Fsp3) is 0.0476. The van der Waals surface area contributed by atoms with Gasteiger partial charge >= 0.3 is 6.18 Å². The predicted molar refractivity (Wildman–Crippen MR) is 109 cm³/mol. The van der Waals surface area contributed by atoms with Crippen LogP contribution < -0.4 is 5.32 Å². The summed E-state index contributed by atoms with van der Waals surface area (Å²) < 4.78 is 44.2. The van der Waals surface area contributed by atoms with Gasteiger partial charge in [-0.3, -0.25) is 14.9 Å². The predicted octanol–water partition coefficient (Wildman–Crippen LogP) is 6.07. The van der Waals surface area contributed by atoms with Crippen molar-refractivity contribution in [3.8, 4) is 17.4 Å². The van der Waals surface area contributed by atoms with Gasteiger partial charge in [0, 0.05) is 12.1 Å². The lowest BCUT2D eigenvalue weighted by Gasteiger charge is -2.11. The first-order valence-electron chi connectivity index (χ1n) is 8.73. The Morgan fingerprint density at radius 3 is 2.56 bits per heavy atom. The minimum atomic E-state index is -4.65. The maximum atomic E-state index is 12.9. The van der Waals surface area contributed by atoms with Crippen molar-refractivity contribution < 1.29 is 27.3 Å². The number of amides is 1. The van der Waals surface area contributed by atoms with Crippen LogP contribution in [0.3, 0.4) is 0 Å². The second-order valence-electron chi connectivity index (χ2n) is 6.29. The minimum Gasteiger partial charge on any atom is -0.456 e. The van der Waals surface area contributed by atoms with Gasteiger partial charge in [-0.2, -0.15) is 18.4 Å². The third-order valence-electron chi connectivity index (χ3n) is 4.19. The SMILES string of the molecule is N#C/C(=C/c1ccc(-c2ccccc2[N+](=O)[O-])o1)C(=O)Nc1cc(C(F)(F)F)ccc1Cl. The zero-order valence-electron chi connectivity index (χ0n) is 15.8. The van der Waals surface area contributed by atoms with Crippen LogP contribution in [0.5, 0.6) is 0 Å². The molecule has 0 saturated heterocycles. The fourth-order valence-corrected chi connectivity index (χ4v) is 2.86. The third kappa shape index (κ3) is 4.96. The van der Waals surface area contributed by atoms with E-state index in [9.17, 15) is 33.3 Å². The van der Waals surface area contributed by atoms with Crippen molar-refractivity contribution in [2.75, 3.05) is 5.32 Å². The molecule has 2 aromatic carbocycles. The summed E-state index contributed by atoms with van der Waals surface area (Å²) in [6, 6.07) is 12.6. The molecule has 162 valence electrons. The quantitative estimate of drug-likeness (QED) is 0.214. The Bertz CT molecular complexity index is 1280. The second kappa shape index (κ2) is 8.95. The molecule has 0 aliphatic carbocycles. The number of rotatable bonds is 5. The van der Waals surface area contributed by atoms with E-state index in [1.165, 1.54) is 30.3 Å². The monoisotopic (exact) mass is 461 g/mol. The number of furan rings is 1. The molecule has 1 aromatic heterocycles. The zero-order chi connectivity index (χ0) is 23.5. The smallest absolute Gasteiger partial charge is 0.416 e. The molecular formula is C21H11ClF3N3O4. The van der Waals surface area contributed by atoms with Gasteiger partial charge < -0.3 is 9.73 Å². The average molecular weight is 462 g/mol. The Morgan fingerprint density at radius 2 is 1.91 bits per heavy atom. The highest BCUT2D eigenvalue weighted by atomic mass is 35.5. The number of carbonyl (C=O) groups is 1. The van der Waals surface area contributed by atoms with Gasteiger partial charge in [0.25, 0.3) is 11.6 Å². The third-order valence-corrected chi connectivity index (χ3v) is 4.52. The molecule has 32 heavy (non-hydrogen) atoms. The van der Waals surface area contributed by atoms with Crippen LogP contribution in [-0.2, 0) is 11.0 Å². The van der Waals surface area contributed by atoms with Gasteiger partial charge in [0.1, 0.15) is 23.2 Å². The Labute approximate surface area is 183 Å². The van der Waals surface area contributed by atoms with E-state index in [2.05, 4.69) is 5.32 Å². The zero-order valence-corrected chi connectivity index (χ0v) is 16.6. The summed E-state index contributed by atoms with van der Waals surface area (Å²) in [6.45, 7) is 0. The first kappa shape index (κ1) is 22.6. The lowest BCUT2D eigenvalue weighted by Crippen LogP contribution is -2.15. The van der Waals surface area contributed by atoms with Gasteiger partial charge in [-0.05, 0) is 36.4 Å². The maximum Gasteiger partial charge on any atom is 0.416 e. The number of nitro groups is 1. The molecule has 0 fully saturated rings.